The molecule has 0 fully saturated rings. The zero-order valence-electron chi connectivity index (χ0n) is 16.9. The summed E-state index contributed by atoms with van der Waals surface area (Å²) < 4.78 is 72.7. The Balaban J connectivity index is 1.94. The van der Waals surface area contributed by atoms with Crippen LogP contribution >= 0.6 is 0 Å². The molecule has 0 aliphatic carbocycles. The first-order chi connectivity index (χ1) is 14.3. The molecule has 2 aromatic rings. The van der Waals surface area contributed by atoms with E-state index in [1.54, 1.807) is 0 Å². The lowest BCUT2D eigenvalue weighted by Crippen LogP contribution is -2.16. The highest BCUT2D eigenvalue weighted by atomic mass is 32.2. The maximum absolute atomic E-state index is 14.0. The van der Waals surface area contributed by atoms with Gasteiger partial charge in [-0.25, -0.2) is 9.18 Å². The number of nitrogens with two attached hydrogens (primary N) is 1. The minimum atomic E-state index is -5.16. The fourth-order valence-corrected chi connectivity index (χ4v) is 3.14. The van der Waals surface area contributed by atoms with Gasteiger partial charge in [0.2, 0.25) is 17.4 Å². The van der Waals surface area contributed by atoms with Crippen LogP contribution in [0.2, 0.25) is 0 Å². The van der Waals surface area contributed by atoms with Gasteiger partial charge in [-0.1, -0.05) is 36.4 Å². The summed E-state index contributed by atoms with van der Waals surface area (Å²) in [5, 5.41) is 8.88. The third-order valence-electron chi connectivity index (χ3n) is 3.52. The fourth-order valence-electron chi connectivity index (χ4n) is 2.30. The molecule has 1 aliphatic heterocycles. The lowest BCUT2D eigenvalue weighted by molar-refractivity contribution is -0.123. The largest absolute Gasteiger partial charge is 0.478 e. The van der Waals surface area contributed by atoms with E-state index >= 15 is 0 Å². The molecule has 8 nitrogen and oxygen atoms in total. The predicted octanol–water partition coefficient (Wildman–Crippen LogP) is 1.84. The fraction of sp³-hybridized carbons (Fsp3) is 0.111. The van der Waals surface area contributed by atoms with E-state index in [1.165, 1.54) is 30.3 Å². The Bertz CT molecular complexity index is 1220. The zero-order valence-corrected chi connectivity index (χ0v) is 14.7. The number of benzene rings is 2. The van der Waals surface area contributed by atoms with Gasteiger partial charge in [-0.2, -0.15) is 8.42 Å². The van der Waals surface area contributed by atoms with Crippen molar-refractivity contribution in [3.05, 3.63) is 82.7 Å². The number of rotatable bonds is 6. The first-order valence-electron chi connectivity index (χ1n) is 9.07. The van der Waals surface area contributed by atoms with Gasteiger partial charge in [0.1, 0.15) is 11.5 Å². The Hall–Kier alpha value is -3.40. The van der Waals surface area contributed by atoms with Crippen LogP contribution in [0, 0.1) is 5.82 Å². The minimum Gasteiger partial charge on any atom is -0.478 e. The second kappa shape index (κ2) is 7.31. The van der Waals surface area contributed by atoms with Crippen molar-refractivity contribution in [3.63, 3.8) is 0 Å². The van der Waals surface area contributed by atoms with E-state index in [9.17, 15) is 22.4 Å². The standard InChI is InChI=1S/C18H14FNO7S/c19-13-8-11(6-7-12(13)18(22)23)15-14(21)16(17(20)26-15)27-28(24,25)9-10-4-2-1-3-5-10/h1-8,15H,9,20H2,(H,22,23)/t15-/m0/s1/i9D2,15D. The third-order valence-corrected chi connectivity index (χ3v) is 4.39. The van der Waals surface area contributed by atoms with Crippen molar-refractivity contribution in [2.75, 3.05) is 0 Å². The molecule has 146 valence electrons. The molecule has 1 atom stereocenters. The zero-order chi connectivity index (χ0) is 23.2. The number of carboxylic acid groups (broad SMARTS) is 1. The van der Waals surface area contributed by atoms with Crippen molar-refractivity contribution in [2.45, 2.75) is 11.8 Å². The number of aromatic carboxylic acids is 1. The van der Waals surface area contributed by atoms with Gasteiger partial charge in [-0.3, -0.25) is 4.79 Å². The van der Waals surface area contributed by atoms with E-state index < -0.39 is 62.2 Å². The number of hydrogen-bond acceptors (Lipinski definition) is 7. The smallest absolute Gasteiger partial charge is 0.338 e. The molecule has 0 radical (unpaired) electrons. The average Bonchev–Trinajstić information content (AvgIpc) is 2.92. The molecular weight excluding hydrogens is 393 g/mol. The number of hydrogen-bond donors (Lipinski definition) is 2. The van der Waals surface area contributed by atoms with Crippen LogP contribution in [0.25, 0.3) is 0 Å². The summed E-state index contributed by atoms with van der Waals surface area (Å²) in [6.45, 7) is 0. The van der Waals surface area contributed by atoms with Gasteiger partial charge in [0.05, 0.1) is 9.68 Å². The lowest BCUT2D eigenvalue weighted by Gasteiger charge is -2.11. The molecule has 0 saturated carbocycles. The van der Waals surface area contributed by atoms with Crippen molar-refractivity contribution in [2.24, 2.45) is 5.73 Å². The maximum Gasteiger partial charge on any atom is 0.338 e. The van der Waals surface area contributed by atoms with E-state index in [-0.39, 0.29) is 5.56 Å². The van der Waals surface area contributed by atoms with Gasteiger partial charge < -0.3 is 19.8 Å². The molecule has 0 amide bonds. The molecule has 3 N–H and O–H groups in total. The summed E-state index contributed by atoms with van der Waals surface area (Å²) in [5.41, 5.74) is 0.914. The van der Waals surface area contributed by atoms with E-state index in [1.807, 2.05) is 0 Å². The van der Waals surface area contributed by atoms with Crippen LogP contribution in [0.4, 0.5) is 4.39 Å². The minimum absolute atomic E-state index is 0.288. The summed E-state index contributed by atoms with van der Waals surface area (Å²) >= 11 is 0. The normalized spacial score (nSPS) is 21.5. The number of carboxylic acids is 1. The molecule has 28 heavy (non-hydrogen) atoms. The van der Waals surface area contributed by atoms with Gasteiger partial charge in [-0.05, 0) is 17.7 Å². The van der Waals surface area contributed by atoms with E-state index in [2.05, 4.69) is 4.18 Å². The van der Waals surface area contributed by atoms with Crippen molar-refractivity contribution >= 4 is 21.9 Å². The highest BCUT2D eigenvalue weighted by Crippen LogP contribution is 2.33. The molecule has 3 rings (SSSR count). The first kappa shape index (κ1) is 15.6. The summed E-state index contributed by atoms with van der Waals surface area (Å²) in [7, 11) is -5.16. The van der Waals surface area contributed by atoms with Gasteiger partial charge in [-0.15, -0.1) is 0 Å². The number of ketones is 1. The van der Waals surface area contributed by atoms with Crippen molar-refractivity contribution < 1.29 is 40.5 Å². The van der Waals surface area contributed by atoms with Crippen LogP contribution in [0.5, 0.6) is 0 Å². The average molecular weight is 410 g/mol. The second-order valence-electron chi connectivity index (χ2n) is 5.46. The molecule has 10 heteroatoms. The van der Waals surface area contributed by atoms with E-state index in [0.717, 1.165) is 12.1 Å². The van der Waals surface area contributed by atoms with Crippen molar-refractivity contribution in [1.29, 1.82) is 0 Å². The van der Waals surface area contributed by atoms with Gasteiger partial charge in [0.15, 0.2) is 6.08 Å². The molecule has 0 unspecified atom stereocenters. The van der Waals surface area contributed by atoms with Crippen LogP contribution in [0.1, 0.15) is 31.7 Å². The number of carbonyl (C=O) groups excluding carboxylic acids is 1. The van der Waals surface area contributed by atoms with Gasteiger partial charge in [0.25, 0.3) is 0 Å². The van der Waals surface area contributed by atoms with Crippen molar-refractivity contribution in [3.8, 4) is 0 Å². The topological polar surface area (TPSA) is 133 Å². The summed E-state index contributed by atoms with van der Waals surface area (Å²) in [6, 6.07) is 8.97. The van der Waals surface area contributed by atoms with E-state index in [0.29, 0.717) is 6.07 Å². The summed E-state index contributed by atoms with van der Waals surface area (Å²) in [4.78, 5) is 23.6. The molecule has 0 aromatic heterocycles. The van der Waals surface area contributed by atoms with Crippen LogP contribution in [0.15, 0.2) is 60.2 Å². The molecule has 2 aromatic carbocycles. The predicted molar refractivity (Wildman–Crippen MR) is 93.6 cm³/mol. The number of halogens is 1. The molecule has 0 spiro atoms. The number of ether oxygens (including phenoxy) is 1. The lowest BCUT2D eigenvalue weighted by atomic mass is 10.0. The third kappa shape index (κ3) is 3.96. The Morgan fingerprint density at radius 2 is 2.00 bits per heavy atom. The molecular formula is C18H14FNO7S. The SMILES string of the molecule is [2H]C([2H])(c1ccccc1)S(=O)(=O)OC1=C(N)O[C@@]([2H])(c2ccc(C(=O)O)c(F)c2)C1=O. The molecule has 0 bridgehead atoms. The maximum atomic E-state index is 14.0. The number of Topliss-reactive ketones (excluding diaryl/α,β-unsaturated/α-hetero) is 1. The molecule has 1 heterocycles. The van der Waals surface area contributed by atoms with Crippen LogP contribution < -0.4 is 5.73 Å². The summed E-state index contributed by atoms with van der Waals surface area (Å²) in [5.74, 6) is -6.39. The second-order valence-corrected chi connectivity index (χ2v) is 6.74. The Morgan fingerprint density at radius 1 is 1.32 bits per heavy atom. The highest BCUT2D eigenvalue weighted by Gasteiger charge is 2.40. The van der Waals surface area contributed by atoms with Gasteiger partial charge in [0, 0.05) is 5.56 Å². The van der Waals surface area contributed by atoms with E-state index in [4.69, 9.17) is 19.7 Å². The van der Waals surface area contributed by atoms with Crippen LogP contribution in [0.3, 0.4) is 0 Å². The Labute approximate surface area is 163 Å². The van der Waals surface area contributed by atoms with Crippen LogP contribution in [-0.4, -0.2) is 25.3 Å². The molecule has 1 aliphatic rings. The monoisotopic (exact) mass is 410 g/mol. The Morgan fingerprint density at radius 3 is 2.61 bits per heavy atom. The highest BCUT2D eigenvalue weighted by molar-refractivity contribution is 7.86. The molecule has 0 saturated heterocycles. The quantitative estimate of drug-likeness (QED) is 0.689. The van der Waals surface area contributed by atoms with Crippen LogP contribution in [-0.2, 0) is 29.5 Å². The van der Waals surface area contributed by atoms with Gasteiger partial charge >= 0.3 is 16.1 Å². The van der Waals surface area contributed by atoms with Crippen molar-refractivity contribution in [1.82, 2.24) is 0 Å². The first-order valence-corrected chi connectivity index (χ1v) is 8.98. The summed E-state index contributed by atoms with van der Waals surface area (Å²) in [6.07, 6.45) is -2.77. The Kier molecular flexibility index (Phi) is 4.08. The number of carbonyl (C=O) groups is 2.